The standard InChI is InChI=1S/C16H23N3O2/c1-3-6-19-11-13(8-14(15(17)20)16(19)21)10-18-7-4-5-12(2)9-18/h3,8,11-12H,1,4-7,9-10H2,2H3,(H2,17,20)/t12-/m0/s1. The van der Waals surface area contributed by atoms with Gasteiger partial charge in [0.1, 0.15) is 5.56 Å². The summed E-state index contributed by atoms with van der Waals surface area (Å²) in [5.41, 5.74) is 5.96. The third-order valence-corrected chi connectivity index (χ3v) is 3.88. The van der Waals surface area contributed by atoms with E-state index in [1.54, 1.807) is 18.3 Å². The van der Waals surface area contributed by atoms with Gasteiger partial charge in [0.2, 0.25) is 0 Å². The summed E-state index contributed by atoms with van der Waals surface area (Å²) < 4.78 is 1.50. The number of carbonyl (C=O) groups excluding carboxylic acids is 1. The average molecular weight is 289 g/mol. The number of pyridine rings is 1. The maximum atomic E-state index is 12.1. The Morgan fingerprint density at radius 1 is 1.57 bits per heavy atom. The molecule has 0 unspecified atom stereocenters. The summed E-state index contributed by atoms with van der Waals surface area (Å²) in [7, 11) is 0. The fourth-order valence-electron chi connectivity index (χ4n) is 2.92. The molecule has 21 heavy (non-hydrogen) atoms. The van der Waals surface area contributed by atoms with Gasteiger partial charge in [-0.05, 0) is 36.9 Å². The van der Waals surface area contributed by atoms with Crippen LogP contribution in [0.4, 0.5) is 0 Å². The van der Waals surface area contributed by atoms with Crippen LogP contribution in [0.1, 0.15) is 35.7 Å². The van der Waals surface area contributed by atoms with E-state index in [1.807, 2.05) is 0 Å². The Kier molecular flexibility index (Phi) is 4.96. The number of hydrogen-bond donors (Lipinski definition) is 1. The number of aromatic nitrogens is 1. The van der Waals surface area contributed by atoms with Crippen molar-refractivity contribution in [2.45, 2.75) is 32.9 Å². The first-order valence-corrected chi connectivity index (χ1v) is 7.37. The lowest BCUT2D eigenvalue weighted by atomic mass is 10.00. The molecule has 0 spiro atoms. The van der Waals surface area contributed by atoms with E-state index in [-0.39, 0.29) is 11.1 Å². The first kappa shape index (κ1) is 15.5. The molecule has 1 saturated heterocycles. The van der Waals surface area contributed by atoms with Crippen molar-refractivity contribution in [3.63, 3.8) is 0 Å². The van der Waals surface area contributed by atoms with Gasteiger partial charge in [0.15, 0.2) is 0 Å². The Labute approximate surface area is 125 Å². The molecule has 2 rings (SSSR count). The van der Waals surface area contributed by atoms with Crippen LogP contribution in [0.2, 0.25) is 0 Å². The minimum absolute atomic E-state index is 0.0550. The Morgan fingerprint density at radius 2 is 2.33 bits per heavy atom. The summed E-state index contributed by atoms with van der Waals surface area (Å²) in [5.74, 6) is 0.0140. The summed E-state index contributed by atoms with van der Waals surface area (Å²) in [6, 6.07) is 1.63. The SMILES string of the molecule is C=CCn1cc(CN2CCC[C@H](C)C2)cc(C(N)=O)c1=O. The molecule has 1 amide bonds. The van der Waals surface area contributed by atoms with Crippen LogP contribution in [-0.2, 0) is 13.1 Å². The zero-order valence-corrected chi connectivity index (χ0v) is 12.5. The molecule has 114 valence electrons. The van der Waals surface area contributed by atoms with Crippen LogP contribution < -0.4 is 11.3 Å². The third-order valence-electron chi connectivity index (χ3n) is 3.88. The van der Waals surface area contributed by atoms with E-state index in [9.17, 15) is 9.59 Å². The molecule has 1 aliphatic rings. The highest BCUT2D eigenvalue weighted by molar-refractivity contribution is 5.92. The number of nitrogens with two attached hydrogens (primary N) is 1. The lowest BCUT2D eigenvalue weighted by Gasteiger charge is -2.31. The first-order chi connectivity index (χ1) is 10.0. The average Bonchev–Trinajstić information content (AvgIpc) is 2.42. The van der Waals surface area contributed by atoms with Gasteiger partial charge in [0.05, 0.1) is 0 Å². The normalized spacial score (nSPS) is 19.4. The highest BCUT2D eigenvalue weighted by Gasteiger charge is 2.18. The lowest BCUT2D eigenvalue weighted by Crippen LogP contribution is -2.35. The van der Waals surface area contributed by atoms with Crippen molar-refractivity contribution in [1.82, 2.24) is 9.47 Å². The number of primary amides is 1. The summed E-state index contributed by atoms with van der Waals surface area (Å²) >= 11 is 0. The van der Waals surface area contributed by atoms with Crippen molar-refractivity contribution in [1.29, 1.82) is 0 Å². The van der Waals surface area contributed by atoms with Crippen LogP contribution in [0.3, 0.4) is 0 Å². The van der Waals surface area contributed by atoms with Crippen molar-refractivity contribution < 1.29 is 4.79 Å². The van der Waals surface area contributed by atoms with Crippen molar-refractivity contribution in [2.24, 2.45) is 11.7 Å². The minimum Gasteiger partial charge on any atom is -0.365 e. The van der Waals surface area contributed by atoms with Crippen LogP contribution in [0.25, 0.3) is 0 Å². The molecule has 1 aromatic rings. The molecule has 0 saturated carbocycles. The smallest absolute Gasteiger partial charge is 0.263 e. The van der Waals surface area contributed by atoms with Crippen molar-refractivity contribution in [3.8, 4) is 0 Å². The van der Waals surface area contributed by atoms with Crippen LogP contribution in [0.5, 0.6) is 0 Å². The second-order valence-corrected chi connectivity index (χ2v) is 5.85. The van der Waals surface area contributed by atoms with Gasteiger partial charge in [-0.15, -0.1) is 6.58 Å². The highest BCUT2D eigenvalue weighted by atomic mass is 16.2. The number of likely N-dealkylation sites (tertiary alicyclic amines) is 1. The van der Waals surface area contributed by atoms with Crippen LogP contribution in [0, 0.1) is 5.92 Å². The quantitative estimate of drug-likeness (QED) is 0.832. The predicted octanol–water partition coefficient (Wildman–Crippen LogP) is 1.37. The van der Waals surface area contributed by atoms with Gasteiger partial charge in [-0.2, -0.15) is 0 Å². The number of hydrogen-bond acceptors (Lipinski definition) is 3. The Balaban J connectivity index is 2.28. The number of nitrogens with zero attached hydrogens (tertiary/aromatic N) is 2. The molecule has 1 atom stereocenters. The molecule has 2 N–H and O–H groups in total. The van der Waals surface area contributed by atoms with Gasteiger partial charge < -0.3 is 10.3 Å². The largest absolute Gasteiger partial charge is 0.365 e. The predicted molar refractivity (Wildman–Crippen MR) is 83.1 cm³/mol. The lowest BCUT2D eigenvalue weighted by molar-refractivity contribution is 0.0998. The third kappa shape index (κ3) is 3.82. The molecular formula is C16H23N3O2. The molecule has 2 heterocycles. The van der Waals surface area contributed by atoms with E-state index in [0.29, 0.717) is 12.5 Å². The topological polar surface area (TPSA) is 68.3 Å². The molecule has 0 aliphatic carbocycles. The number of piperidine rings is 1. The zero-order valence-electron chi connectivity index (χ0n) is 12.5. The summed E-state index contributed by atoms with van der Waals surface area (Å²) in [6.45, 7) is 9.11. The van der Waals surface area contributed by atoms with Gasteiger partial charge in [-0.1, -0.05) is 13.0 Å². The second-order valence-electron chi connectivity index (χ2n) is 5.85. The van der Waals surface area contributed by atoms with Gasteiger partial charge in [0.25, 0.3) is 11.5 Å². The number of amides is 1. The number of rotatable bonds is 5. The van der Waals surface area contributed by atoms with Crippen molar-refractivity contribution >= 4 is 5.91 Å². The number of allylic oxidation sites excluding steroid dienone is 1. The molecule has 0 bridgehead atoms. The summed E-state index contributed by atoms with van der Waals surface area (Å²) in [4.78, 5) is 25.9. The molecule has 5 heteroatoms. The van der Waals surface area contributed by atoms with Crippen molar-refractivity contribution in [2.75, 3.05) is 13.1 Å². The van der Waals surface area contributed by atoms with Gasteiger partial charge in [-0.3, -0.25) is 14.5 Å². The van der Waals surface area contributed by atoms with Gasteiger partial charge in [0, 0.05) is 25.8 Å². The molecule has 5 nitrogen and oxygen atoms in total. The van der Waals surface area contributed by atoms with E-state index in [4.69, 9.17) is 5.73 Å². The Morgan fingerprint density at radius 3 is 2.95 bits per heavy atom. The maximum absolute atomic E-state index is 12.1. The second kappa shape index (κ2) is 6.72. The highest BCUT2D eigenvalue weighted by Crippen LogP contribution is 2.17. The van der Waals surface area contributed by atoms with Gasteiger partial charge >= 0.3 is 0 Å². The van der Waals surface area contributed by atoms with E-state index >= 15 is 0 Å². The van der Waals surface area contributed by atoms with E-state index in [0.717, 1.165) is 25.2 Å². The van der Waals surface area contributed by atoms with E-state index in [2.05, 4.69) is 18.4 Å². The minimum atomic E-state index is -0.674. The molecule has 0 aromatic carbocycles. The summed E-state index contributed by atoms with van der Waals surface area (Å²) in [6.07, 6.45) is 5.89. The first-order valence-electron chi connectivity index (χ1n) is 7.37. The maximum Gasteiger partial charge on any atom is 0.263 e. The fourth-order valence-corrected chi connectivity index (χ4v) is 2.92. The van der Waals surface area contributed by atoms with E-state index < -0.39 is 5.91 Å². The van der Waals surface area contributed by atoms with Crippen LogP contribution in [0.15, 0.2) is 29.7 Å². The summed E-state index contributed by atoms with van der Waals surface area (Å²) in [5, 5.41) is 0. The van der Waals surface area contributed by atoms with Gasteiger partial charge in [-0.25, -0.2) is 0 Å². The Bertz CT molecular complexity index is 592. The van der Waals surface area contributed by atoms with E-state index in [1.165, 1.54) is 17.4 Å². The Hall–Kier alpha value is -1.88. The van der Waals surface area contributed by atoms with Crippen molar-refractivity contribution in [3.05, 3.63) is 46.4 Å². The molecular weight excluding hydrogens is 266 g/mol. The molecule has 1 fully saturated rings. The van der Waals surface area contributed by atoms with Crippen LogP contribution >= 0.6 is 0 Å². The fraction of sp³-hybridized carbons (Fsp3) is 0.500. The zero-order chi connectivity index (χ0) is 15.4. The number of carbonyl (C=O) groups is 1. The molecule has 1 aromatic heterocycles. The molecule has 0 radical (unpaired) electrons. The molecule has 1 aliphatic heterocycles. The van der Waals surface area contributed by atoms with Crippen LogP contribution in [-0.4, -0.2) is 28.5 Å². The monoisotopic (exact) mass is 289 g/mol.